The standard InChI is InChI=1S/C19H24N4O3S/c1-25-12-10-21-19(27)23-11-8-16-15(13-23)17(22-26-16)18(24)20-9-7-14-5-3-2-4-6-14/h2-6H,7-13H2,1H3,(H,20,24)(H,21,27). The third kappa shape index (κ3) is 5.05. The van der Waals surface area contributed by atoms with Crippen molar-refractivity contribution in [3.63, 3.8) is 0 Å². The summed E-state index contributed by atoms with van der Waals surface area (Å²) in [6.45, 7) is 3.02. The van der Waals surface area contributed by atoms with Crippen molar-refractivity contribution in [2.75, 3.05) is 33.4 Å². The van der Waals surface area contributed by atoms with E-state index in [1.165, 1.54) is 5.56 Å². The first-order chi connectivity index (χ1) is 13.2. The summed E-state index contributed by atoms with van der Waals surface area (Å²) in [6, 6.07) is 10.0. The van der Waals surface area contributed by atoms with E-state index in [9.17, 15) is 4.79 Å². The molecule has 27 heavy (non-hydrogen) atoms. The largest absolute Gasteiger partial charge is 0.383 e. The topological polar surface area (TPSA) is 79.6 Å². The molecule has 1 aromatic heterocycles. The zero-order valence-electron chi connectivity index (χ0n) is 15.4. The molecule has 1 aliphatic rings. The van der Waals surface area contributed by atoms with E-state index in [2.05, 4.69) is 15.8 Å². The zero-order chi connectivity index (χ0) is 19.1. The predicted octanol–water partition coefficient (Wildman–Crippen LogP) is 1.53. The maximum absolute atomic E-state index is 12.5. The first-order valence-electron chi connectivity index (χ1n) is 9.00. The molecular weight excluding hydrogens is 364 g/mol. The van der Waals surface area contributed by atoms with Gasteiger partial charge in [-0.2, -0.15) is 0 Å². The Morgan fingerprint density at radius 3 is 2.89 bits per heavy atom. The van der Waals surface area contributed by atoms with Crippen molar-refractivity contribution < 1.29 is 14.1 Å². The van der Waals surface area contributed by atoms with Crippen LogP contribution < -0.4 is 10.6 Å². The number of thiocarbonyl (C=S) groups is 1. The highest BCUT2D eigenvalue weighted by Gasteiger charge is 2.28. The van der Waals surface area contributed by atoms with Crippen LogP contribution in [-0.2, 0) is 24.1 Å². The maximum Gasteiger partial charge on any atom is 0.273 e. The van der Waals surface area contributed by atoms with E-state index in [1.54, 1.807) is 7.11 Å². The molecule has 0 spiro atoms. The maximum atomic E-state index is 12.5. The van der Waals surface area contributed by atoms with Gasteiger partial charge in [0.05, 0.1) is 13.2 Å². The van der Waals surface area contributed by atoms with Crippen molar-refractivity contribution in [1.82, 2.24) is 20.7 Å². The lowest BCUT2D eigenvalue weighted by Gasteiger charge is -2.28. The smallest absolute Gasteiger partial charge is 0.273 e. The molecule has 0 aliphatic carbocycles. The quantitative estimate of drug-likeness (QED) is 0.550. The highest BCUT2D eigenvalue weighted by molar-refractivity contribution is 7.80. The lowest BCUT2D eigenvalue weighted by Crippen LogP contribution is -2.43. The molecule has 0 unspecified atom stereocenters. The van der Waals surface area contributed by atoms with E-state index >= 15 is 0 Å². The van der Waals surface area contributed by atoms with Crippen LogP contribution in [0.25, 0.3) is 0 Å². The first kappa shape index (κ1) is 19.3. The number of nitrogens with zero attached hydrogens (tertiary/aromatic N) is 2. The Kier molecular flexibility index (Phi) is 6.78. The number of carbonyl (C=O) groups excluding carboxylic acids is 1. The summed E-state index contributed by atoms with van der Waals surface area (Å²) < 4.78 is 10.4. The van der Waals surface area contributed by atoms with Gasteiger partial charge < -0.3 is 24.8 Å². The summed E-state index contributed by atoms with van der Waals surface area (Å²) in [7, 11) is 1.65. The fourth-order valence-corrected chi connectivity index (χ4v) is 3.24. The summed E-state index contributed by atoms with van der Waals surface area (Å²) in [5, 5.41) is 10.7. The number of hydrogen-bond acceptors (Lipinski definition) is 5. The average molecular weight is 388 g/mol. The SMILES string of the molecule is COCCNC(=S)N1CCc2onc(C(=O)NCCc3ccccc3)c2C1. The van der Waals surface area contributed by atoms with Crippen LogP contribution in [0.5, 0.6) is 0 Å². The molecule has 0 bridgehead atoms. The van der Waals surface area contributed by atoms with Gasteiger partial charge in [0.2, 0.25) is 0 Å². The lowest BCUT2D eigenvalue weighted by molar-refractivity contribution is 0.0944. The van der Waals surface area contributed by atoms with Crippen LogP contribution in [0.2, 0.25) is 0 Å². The minimum Gasteiger partial charge on any atom is -0.383 e. The van der Waals surface area contributed by atoms with Gasteiger partial charge in [-0.05, 0) is 24.2 Å². The fraction of sp³-hybridized carbons (Fsp3) is 0.421. The van der Waals surface area contributed by atoms with Crippen molar-refractivity contribution >= 4 is 23.2 Å². The van der Waals surface area contributed by atoms with Crippen LogP contribution >= 0.6 is 12.2 Å². The van der Waals surface area contributed by atoms with Gasteiger partial charge >= 0.3 is 0 Å². The number of methoxy groups -OCH3 is 1. The molecule has 1 aromatic carbocycles. The summed E-state index contributed by atoms with van der Waals surface area (Å²) in [5.74, 6) is 0.551. The van der Waals surface area contributed by atoms with E-state index in [4.69, 9.17) is 21.5 Å². The van der Waals surface area contributed by atoms with Crippen LogP contribution in [0.1, 0.15) is 27.4 Å². The monoisotopic (exact) mass is 388 g/mol. The van der Waals surface area contributed by atoms with Gasteiger partial charge in [-0.15, -0.1) is 0 Å². The second kappa shape index (κ2) is 9.48. The Hall–Kier alpha value is -2.45. The van der Waals surface area contributed by atoms with Crippen LogP contribution in [0, 0.1) is 0 Å². The summed E-state index contributed by atoms with van der Waals surface area (Å²) >= 11 is 5.43. The highest BCUT2D eigenvalue weighted by atomic mass is 32.1. The molecule has 0 saturated carbocycles. The zero-order valence-corrected chi connectivity index (χ0v) is 16.2. The highest BCUT2D eigenvalue weighted by Crippen LogP contribution is 2.22. The molecule has 144 valence electrons. The minimum absolute atomic E-state index is 0.212. The molecule has 2 heterocycles. The van der Waals surface area contributed by atoms with Gasteiger partial charge in [-0.1, -0.05) is 35.5 Å². The Balaban J connectivity index is 1.56. The van der Waals surface area contributed by atoms with E-state index < -0.39 is 0 Å². The van der Waals surface area contributed by atoms with Crippen molar-refractivity contribution in [2.45, 2.75) is 19.4 Å². The van der Waals surface area contributed by atoms with Crippen LogP contribution in [-0.4, -0.2) is 54.4 Å². The summed E-state index contributed by atoms with van der Waals surface area (Å²) in [4.78, 5) is 14.6. The molecule has 3 rings (SSSR count). The molecule has 7 nitrogen and oxygen atoms in total. The summed E-state index contributed by atoms with van der Waals surface area (Å²) in [5.41, 5.74) is 2.34. The molecule has 8 heteroatoms. The Morgan fingerprint density at radius 2 is 2.11 bits per heavy atom. The third-order valence-electron chi connectivity index (χ3n) is 4.45. The number of hydrogen-bond donors (Lipinski definition) is 2. The second-order valence-electron chi connectivity index (χ2n) is 6.32. The van der Waals surface area contributed by atoms with Gasteiger partial charge in [0.15, 0.2) is 10.8 Å². The molecule has 1 aliphatic heterocycles. The Bertz CT molecular complexity index is 779. The normalized spacial score (nSPS) is 13.1. The molecule has 0 atom stereocenters. The second-order valence-corrected chi connectivity index (χ2v) is 6.71. The molecule has 0 fully saturated rings. The van der Waals surface area contributed by atoms with Crippen LogP contribution in [0.15, 0.2) is 34.9 Å². The van der Waals surface area contributed by atoms with Crippen molar-refractivity contribution in [2.24, 2.45) is 0 Å². The van der Waals surface area contributed by atoms with Crippen molar-refractivity contribution in [1.29, 1.82) is 0 Å². The molecule has 1 amide bonds. The molecule has 2 N–H and O–H groups in total. The molecule has 0 radical (unpaired) electrons. The number of benzene rings is 1. The number of rotatable bonds is 7. The molecule has 2 aromatic rings. The van der Waals surface area contributed by atoms with Gasteiger partial charge in [0.1, 0.15) is 5.76 Å². The number of amides is 1. The first-order valence-corrected chi connectivity index (χ1v) is 9.41. The van der Waals surface area contributed by atoms with Crippen LogP contribution in [0.4, 0.5) is 0 Å². The predicted molar refractivity (Wildman–Crippen MR) is 106 cm³/mol. The number of ether oxygens (including phenoxy) is 1. The van der Waals surface area contributed by atoms with E-state index in [0.717, 1.165) is 24.3 Å². The van der Waals surface area contributed by atoms with Crippen molar-refractivity contribution in [3.05, 3.63) is 52.9 Å². The van der Waals surface area contributed by atoms with Gasteiger partial charge in [0.25, 0.3) is 5.91 Å². The van der Waals surface area contributed by atoms with Crippen LogP contribution in [0.3, 0.4) is 0 Å². The van der Waals surface area contributed by atoms with E-state index in [1.807, 2.05) is 35.2 Å². The fourth-order valence-electron chi connectivity index (χ4n) is 2.98. The number of aromatic nitrogens is 1. The minimum atomic E-state index is -0.212. The molecule has 0 saturated heterocycles. The van der Waals surface area contributed by atoms with E-state index in [-0.39, 0.29) is 5.91 Å². The molecular formula is C19H24N4O3S. The summed E-state index contributed by atoms with van der Waals surface area (Å²) in [6.07, 6.45) is 1.44. The Morgan fingerprint density at radius 1 is 1.30 bits per heavy atom. The van der Waals surface area contributed by atoms with Gasteiger partial charge in [0, 0.05) is 38.7 Å². The number of fused-ring (bicyclic) bond motifs is 1. The van der Waals surface area contributed by atoms with Gasteiger partial charge in [-0.3, -0.25) is 4.79 Å². The lowest BCUT2D eigenvalue weighted by atomic mass is 10.1. The average Bonchev–Trinajstić information content (AvgIpc) is 3.12. The Labute approximate surface area is 164 Å². The van der Waals surface area contributed by atoms with Gasteiger partial charge in [-0.25, -0.2) is 0 Å². The van der Waals surface area contributed by atoms with Crippen molar-refractivity contribution in [3.8, 4) is 0 Å². The number of nitrogens with one attached hydrogen (secondary N) is 2. The third-order valence-corrected chi connectivity index (χ3v) is 4.86. The van der Waals surface area contributed by atoms with E-state index in [0.29, 0.717) is 43.5 Å². The number of carbonyl (C=O) groups is 1.